The van der Waals surface area contributed by atoms with E-state index in [1.165, 1.54) is 0 Å². The zero-order valence-electron chi connectivity index (χ0n) is 11.9. The maximum atomic E-state index is 11.8. The standard InChI is InChI=1S/C15H20N2O3/c1-2-20-15(6-8-19-9-7-15)14-16-10-11-12(17-14)4-3-5-13(11)18/h10H,2-9H2,1H3. The summed E-state index contributed by atoms with van der Waals surface area (Å²) < 4.78 is 11.4. The molecule has 0 N–H and O–H groups in total. The third kappa shape index (κ3) is 2.36. The van der Waals surface area contributed by atoms with Gasteiger partial charge in [0.15, 0.2) is 11.6 Å². The van der Waals surface area contributed by atoms with E-state index in [1.54, 1.807) is 6.20 Å². The quantitative estimate of drug-likeness (QED) is 0.845. The normalized spacial score (nSPS) is 21.6. The Morgan fingerprint density at radius 1 is 1.35 bits per heavy atom. The molecule has 1 aromatic heterocycles. The first-order valence-electron chi connectivity index (χ1n) is 7.36. The second-order valence-corrected chi connectivity index (χ2v) is 5.37. The summed E-state index contributed by atoms with van der Waals surface area (Å²) >= 11 is 0. The van der Waals surface area contributed by atoms with Crippen LogP contribution < -0.4 is 0 Å². The average molecular weight is 276 g/mol. The van der Waals surface area contributed by atoms with Crippen LogP contribution in [0.3, 0.4) is 0 Å². The molecule has 0 saturated carbocycles. The van der Waals surface area contributed by atoms with Gasteiger partial charge in [-0.2, -0.15) is 0 Å². The van der Waals surface area contributed by atoms with Crippen LogP contribution in [0.15, 0.2) is 6.20 Å². The molecule has 1 fully saturated rings. The highest BCUT2D eigenvalue weighted by molar-refractivity contribution is 5.97. The third-order valence-electron chi connectivity index (χ3n) is 4.11. The molecule has 0 bridgehead atoms. The Morgan fingerprint density at radius 2 is 2.15 bits per heavy atom. The molecule has 2 aliphatic rings. The van der Waals surface area contributed by atoms with E-state index >= 15 is 0 Å². The maximum Gasteiger partial charge on any atom is 0.166 e. The number of carbonyl (C=O) groups excluding carboxylic acids is 1. The molecule has 0 aromatic carbocycles. The number of ether oxygens (including phenoxy) is 2. The number of rotatable bonds is 3. The molecule has 0 spiro atoms. The van der Waals surface area contributed by atoms with Gasteiger partial charge in [0.25, 0.3) is 0 Å². The van der Waals surface area contributed by atoms with Gasteiger partial charge >= 0.3 is 0 Å². The number of hydrogen-bond donors (Lipinski definition) is 0. The van der Waals surface area contributed by atoms with E-state index in [-0.39, 0.29) is 5.78 Å². The highest BCUT2D eigenvalue weighted by atomic mass is 16.5. The van der Waals surface area contributed by atoms with Crippen molar-refractivity contribution in [2.45, 2.75) is 44.6 Å². The largest absolute Gasteiger partial charge is 0.381 e. The number of nitrogens with zero attached hydrogens (tertiary/aromatic N) is 2. The van der Waals surface area contributed by atoms with Crippen LogP contribution in [0.25, 0.3) is 0 Å². The van der Waals surface area contributed by atoms with Crippen LogP contribution >= 0.6 is 0 Å². The highest BCUT2D eigenvalue weighted by Gasteiger charge is 2.38. The van der Waals surface area contributed by atoms with E-state index in [9.17, 15) is 4.79 Å². The lowest BCUT2D eigenvalue weighted by Gasteiger charge is -2.35. The van der Waals surface area contributed by atoms with E-state index < -0.39 is 5.60 Å². The smallest absolute Gasteiger partial charge is 0.166 e. The van der Waals surface area contributed by atoms with Gasteiger partial charge in [-0.05, 0) is 19.8 Å². The van der Waals surface area contributed by atoms with Crippen molar-refractivity contribution in [2.24, 2.45) is 0 Å². The minimum Gasteiger partial charge on any atom is -0.381 e. The fourth-order valence-corrected chi connectivity index (χ4v) is 3.02. The highest BCUT2D eigenvalue weighted by Crippen LogP contribution is 2.34. The number of aryl methyl sites for hydroxylation is 1. The van der Waals surface area contributed by atoms with E-state index in [0.29, 0.717) is 31.8 Å². The number of Topliss-reactive ketones (excluding diaryl/α,β-unsaturated/α-hetero) is 1. The molecule has 0 radical (unpaired) electrons. The summed E-state index contributed by atoms with van der Waals surface area (Å²) in [6.07, 6.45) is 5.58. The number of hydrogen-bond acceptors (Lipinski definition) is 5. The molecule has 0 amide bonds. The SMILES string of the molecule is CCOC1(c2ncc3c(n2)CCCC3=O)CCOCC1. The van der Waals surface area contributed by atoms with Crippen LogP contribution in [0.5, 0.6) is 0 Å². The summed E-state index contributed by atoms with van der Waals surface area (Å²) in [7, 11) is 0. The topological polar surface area (TPSA) is 61.3 Å². The summed E-state index contributed by atoms with van der Waals surface area (Å²) in [6, 6.07) is 0. The van der Waals surface area contributed by atoms with Crippen molar-refractivity contribution in [3.8, 4) is 0 Å². The van der Waals surface area contributed by atoms with Gasteiger partial charge in [0.2, 0.25) is 0 Å². The summed E-state index contributed by atoms with van der Waals surface area (Å²) in [6.45, 7) is 3.94. The van der Waals surface area contributed by atoms with Gasteiger partial charge in [-0.1, -0.05) is 0 Å². The molecule has 2 heterocycles. The van der Waals surface area contributed by atoms with Crippen molar-refractivity contribution in [2.75, 3.05) is 19.8 Å². The monoisotopic (exact) mass is 276 g/mol. The Labute approximate surface area is 118 Å². The van der Waals surface area contributed by atoms with Gasteiger partial charge in [0.1, 0.15) is 5.60 Å². The van der Waals surface area contributed by atoms with E-state index in [0.717, 1.165) is 37.2 Å². The van der Waals surface area contributed by atoms with Gasteiger partial charge in [-0.25, -0.2) is 9.97 Å². The summed E-state index contributed by atoms with van der Waals surface area (Å²) in [5.74, 6) is 0.881. The molecule has 5 heteroatoms. The third-order valence-corrected chi connectivity index (χ3v) is 4.11. The molecule has 1 aliphatic heterocycles. The van der Waals surface area contributed by atoms with Crippen molar-refractivity contribution >= 4 is 5.78 Å². The Morgan fingerprint density at radius 3 is 2.90 bits per heavy atom. The first-order chi connectivity index (χ1) is 9.75. The van der Waals surface area contributed by atoms with Gasteiger partial charge in [-0.15, -0.1) is 0 Å². The maximum absolute atomic E-state index is 11.8. The van der Waals surface area contributed by atoms with Crippen molar-refractivity contribution in [3.05, 3.63) is 23.3 Å². The van der Waals surface area contributed by atoms with Gasteiger partial charge in [0, 0.05) is 45.3 Å². The molecule has 3 rings (SSSR count). The zero-order chi connectivity index (χ0) is 14.0. The van der Waals surface area contributed by atoms with Crippen LogP contribution in [0.2, 0.25) is 0 Å². The lowest BCUT2D eigenvalue weighted by Crippen LogP contribution is -2.39. The molecular formula is C15H20N2O3. The van der Waals surface area contributed by atoms with Crippen molar-refractivity contribution in [1.82, 2.24) is 9.97 Å². The first-order valence-corrected chi connectivity index (χ1v) is 7.36. The molecule has 20 heavy (non-hydrogen) atoms. The average Bonchev–Trinajstić information content (AvgIpc) is 2.48. The second-order valence-electron chi connectivity index (χ2n) is 5.37. The van der Waals surface area contributed by atoms with Crippen LogP contribution in [0.1, 0.15) is 54.5 Å². The van der Waals surface area contributed by atoms with Crippen molar-refractivity contribution < 1.29 is 14.3 Å². The van der Waals surface area contributed by atoms with Crippen LogP contribution in [0.4, 0.5) is 0 Å². The zero-order valence-corrected chi connectivity index (χ0v) is 11.9. The van der Waals surface area contributed by atoms with Crippen LogP contribution in [0, 0.1) is 0 Å². The second kappa shape index (κ2) is 5.58. The van der Waals surface area contributed by atoms with E-state index in [1.807, 2.05) is 6.92 Å². The molecular weight excluding hydrogens is 256 g/mol. The molecule has 1 aliphatic carbocycles. The molecule has 108 valence electrons. The van der Waals surface area contributed by atoms with Gasteiger partial charge in [0.05, 0.1) is 11.3 Å². The van der Waals surface area contributed by atoms with Crippen LogP contribution in [-0.4, -0.2) is 35.6 Å². The predicted octanol–water partition coefficient (Wildman–Crippen LogP) is 2.04. The summed E-state index contributed by atoms with van der Waals surface area (Å²) in [5, 5.41) is 0. The summed E-state index contributed by atoms with van der Waals surface area (Å²) in [5.41, 5.74) is 1.14. The van der Waals surface area contributed by atoms with Crippen LogP contribution in [-0.2, 0) is 21.5 Å². The lowest BCUT2D eigenvalue weighted by atomic mass is 9.91. The minimum atomic E-state index is -0.442. The number of fused-ring (bicyclic) bond motifs is 1. The Hall–Kier alpha value is -1.33. The molecule has 1 saturated heterocycles. The Kier molecular flexibility index (Phi) is 3.81. The first kappa shape index (κ1) is 13.6. The van der Waals surface area contributed by atoms with Crippen molar-refractivity contribution in [1.29, 1.82) is 0 Å². The minimum absolute atomic E-state index is 0.162. The number of ketones is 1. The molecule has 0 unspecified atom stereocenters. The Balaban J connectivity index is 1.97. The fourth-order valence-electron chi connectivity index (χ4n) is 3.02. The number of carbonyl (C=O) groups is 1. The molecule has 5 nitrogen and oxygen atoms in total. The summed E-state index contributed by atoms with van der Waals surface area (Å²) in [4.78, 5) is 21.0. The van der Waals surface area contributed by atoms with E-state index in [4.69, 9.17) is 9.47 Å². The van der Waals surface area contributed by atoms with E-state index in [2.05, 4.69) is 9.97 Å². The lowest BCUT2D eigenvalue weighted by molar-refractivity contribution is -0.118. The fraction of sp³-hybridized carbons (Fsp3) is 0.667. The van der Waals surface area contributed by atoms with Crippen molar-refractivity contribution in [3.63, 3.8) is 0 Å². The Bertz CT molecular complexity index is 504. The van der Waals surface area contributed by atoms with Gasteiger partial charge in [-0.3, -0.25) is 4.79 Å². The number of aromatic nitrogens is 2. The van der Waals surface area contributed by atoms with Gasteiger partial charge < -0.3 is 9.47 Å². The molecule has 0 atom stereocenters. The molecule has 1 aromatic rings. The predicted molar refractivity (Wildman–Crippen MR) is 72.7 cm³/mol.